The molecule has 6 nitrogen and oxygen atoms in total. The molecule has 31 heavy (non-hydrogen) atoms. The highest BCUT2D eigenvalue weighted by Crippen LogP contribution is 2.33. The molecular weight excluding hydrogens is 411 g/mol. The first-order valence-electron chi connectivity index (χ1n) is 9.35. The molecule has 1 aliphatic rings. The summed E-state index contributed by atoms with van der Waals surface area (Å²) in [6.07, 6.45) is 1.58. The topological polar surface area (TPSA) is 80.3 Å². The molecule has 0 saturated carbocycles. The zero-order chi connectivity index (χ0) is 22.0. The molecule has 1 aliphatic heterocycles. The molecule has 2 aromatic carbocycles. The normalized spacial score (nSPS) is 17.8. The average Bonchev–Trinajstić information content (AvgIpc) is 3.16. The molecule has 1 fully saturated rings. The average molecular weight is 427 g/mol. The molecule has 2 atom stereocenters. The number of nitrogens with one attached hydrogen (secondary N) is 2. The van der Waals surface area contributed by atoms with Crippen molar-refractivity contribution in [1.29, 1.82) is 0 Å². The third-order valence-corrected chi connectivity index (χ3v) is 4.90. The van der Waals surface area contributed by atoms with Crippen LogP contribution in [-0.2, 0) is 9.59 Å². The summed E-state index contributed by atoms with van der Waals surface area (Å²) in [6, 6.07) is 13.6. The predicted octanol–water partition coefficient (Wildman–Crippen LogP) is 3.76. The number of carbonyl (C=O) groups excluding carboxylic acids is 2. The highest BCUT2D eigenvalue weighted by Gasteiger charge is 2.41. The monoisotopic (exact) mass is 427 g/mol. The van der Waals surface area contributed by atoms with Gasteiger partial charge in [0.05, 0.1) is 5.69 Å². The highest BCUT2D eigenvalue weighted by molar-refractivity contribution is 6.08. The van der Waals surface area contributed by atoms with Gasteiger partial charge in [-0.1, -0.05) is 18.2 Å². The van der Waals surface area contributed by atoms with Gasteiger partial charge in [-0.25, -0.2) is 18.2 Å². The second-order valence-electron chi connectivity index (χ2n) is 6.88. The van der Waals surface area contributed by atoms with Crippen molar-refractivity contribution in [3.8, 4) is 11.6 Å². The maximum atomic E-state index is 13.9. The van der Waals surface area contributed by atoms with Gasteiger partial charge in [0.1, 0.15) is 11.7 Å². The van der Waals surface area contributed by atoms with Crippen molar-refractivity contribution >= 4 is 17.5 Å². The molecule has 0 spiro atoms. The van der Waals surface area contributed by atoms with Crippen molar-refractivity contribution in [1.82, 2.24) is 10.3 Å². The van der Waals surface area contributed by atoms with Crippen LogP contribution in [0.2, 0.25) is 0 Å². The summed E-state index contributed by atoms with van der Waals surface area (Å²) in [4.78, 5) is 29.1. The minimum Gasteiger partial charge on any atom is -0.439 e. The fourth-order valence-corrected chi connectivity index (χ4v) is 3.40. The van der Waals surface area contributed by atoms with Crippen molar-refractivity contribution in [2.75, 3.05) is 11.9 Å². The van der Waals surface area contributed by atoms with E-state index < -0.39 is 46.8 Å². The highest BCUT2D eigenvalue weighted by atomic mass is 19.2. The van der Waals surface area contributed by atoms with Gasteiger partial charge in [0.15, 0.2) is 17.5 Å². The van der Waals surface area contributed by atoms with Crippen LogP contribution in [0.1, 0.15) is 11.5 Å². The Morgan fingerprint density at radius 3 is 2.68 bits per heavy atom. The van der Waals surface area contributed by atoms with E-state index in [0.717, 1.165) is 6.07 Å². The number of benzene rings is 2. The maximum absolute atomic E-state index is 13.9. The van der Waals surface area contributed by atoms with E-state index in [2.05, 4.69) is 15.6 Å². The Labute approximate surface area is 175 Å². The summed E-state index contributed by atoms with van der Waals surface area (Å²) < 4.78 is 46.2. The first-order valence-corrected chi connectivity index (χ1v) is 9.35. The fourth-order valence-electron chi connectivity index (χ4n) is 3.40. The molecule has 0 radical (unpaired) electrons. The molecule has 158 valence electrons. The van der Waals surface area contributed by atoms with Crippen molar-refractivity contribution in [2.45, 2.75) is 5.92 Å². The summed E-state index contributed by atoms with van der Waals surface area (Å²) in [6.45, 7) is 0.171. The largest absolute Gasteiger partial charge is 0.439 e. The second kappa shape index (κ2) is 8.47. The van der Waals surface area contributed by atoms with Crippen LogP contribution in [0.3, 0.4) is 0 Å². The molecule has 1 saturated heterocycles. The summed E-state index contributed by atoms with van der Waals surface area (Å²) in [5.74, 6) is -6.94. The minimum atomic E-state index is -1.70. The number of ether oxygens (including phenoxy) is 1. The zero-order valence-electron chi connectivity index (χ0n) is 15.9. The molecule has 3 aromatic rings. The van der Waals surface area contributed by atoms with Crippen LogP contribution in [0.15, 0.2) is 60.8 Å². The Kier molecular flexibility index (Phi) is 5.57. The van der Waals surface area contributed by atoms with Crippen LogP contribution in [0.5, 0.6) is 11.6 Å². The lowest BCUT2D eigenvalue weighted by molar-refractivity contribution is -0.130. The van der Waals surface area contributed by atoms with E-state index in [-0.39, 0.29) is 6.54 Å². The number of nitrogens with zero attached hydrogens (tertiary/aromatic N) is 1. The van der Waals surface area contributed by atoms with E-state index in [1.54, 1.807) is 48.7 Å². The SMILES string of the molecule is O=C1NCC(c2cccc(Oc3ccccn3)c2)C1C(=O)Nc1ccc(F)c(F)c1F. The number of anilines is 1. The lowest BCUT2D eigenvalue weighted by Gasteiger charge is -2.18. The number of rotatable bonds is 5. The third kappa shape index (κ3) is 4.20. The van der Waals surface area contributed by atoms with Crippen molar-refractivity contribution < 1.29 is 27.5 Å². The lowest BCUT2D eigenvalue weighted by atomic mass is 9.87. The molecule has 1 aromatic heterocycles. The van der Waals surface area contributed by atoms with Crippen molar-refractivity contribution in [2.24, 2.45) is 5.92 Å². The third-order valence-electron chi connectivity index (χ3n) is 4.90. The van der Waals surface area contributed by atoms with Crippen LogP contribution in [-0.4, -0.2) is 23.3 Å². The molecule has 2 N–H and O–H groups in total. The maximum Gasteiger partial charge on any atom is 0.237 e. The standard InChI is InChI=1S/C22H16F3N3O3/c23-15-7-8-16(20(25)19(15)24)28-22(30)18-14(11-27-21(18)29)12-4-3-5-13(10-12)31-17-6-1-2-9-26-17/h1-10,14,18H,11H2,(H,27,29)(H,28,30). The smallest absolute Gasteiger partial charge is 0.237 e. The first-order chi connectivity index (χ1) is 14.9. The number of carbonyl (C=O) groups is 2. The molecule has 2 amide bonds. The van der Waals surface area contributed by atoms with E-state index in [0.29, 0.717) is 23.3 Å². The van der Waals surface area contributed by atoms with E-state index in [9.17, 15) is 22.8 Å². The number of hydrogen-bond donors (Lipinski definition) is 2. The zero-order valence-corrected chi connectivity index (χ0v) is 15.9. The van der Waals surface area contributed by atoms with Gasteiger partial charge in [-0.05, 0) is 35.9 Å². The summed E-state index contributed by atoms with van der Waals surface area (Å²) in [7, 11) is 0. The molecular formula is C22H16F3N3O3. The van der Waals surface area contributed by atoms with Crippen LogP contribution in [0, 0.1) is 23.4 Å². The molecule has 9 heteroatoms. The molecule has 0 bridgehead atoms. The first kappa shape index (κ1) is 20.4. The Morgan fingerprint density at radius 2 is 1.90 bits per heavy atom. The van der Waals surface area contributed by atoms with E-state index in [1.165, 1.54) is 0 Å². The number of halogens is 3. The van der Waals surface area contributed by atoms with Gasteiger partial charge in [0.2, 0.25) is 17.7 Å². The van der Waals surface area contributed by atoms with E-state index in [4.69, 9.17) is 4.74 Å². The van der Waals surface area contributed by atoms with Crippen molar-refractivity contribution in [3.05, 3.63) is 83.8 Å². The van der Waals surface area contributed by atoms with Gasteiger partial charge in [0, 0.05) is 24.7 Å². The Morgan fingerprint density at radius 1 is 1.06 bits per heavy atom. The summed E-state index contributed by atoms with van der Waals surface area (Å²) in [5.41, 5.74) is 0.0901. The number of hydrogen-bond acceptors (Lipinski definition) is 4. The summed E-state index contributed by atoms with van der Waals surface area (Å²) in [5, 5.41) is 4.79. The van der Waals surface area contributed by atoms with Gasteiger partial charge in [0.25, 0.3) is 0 Å². The quantitative estimate of drug-likeness (QED) is 0.480. The number of pyridine rings is 1. The molecule has 4 rings (SSSR count). The van der Waals surface area contributed by atoms with E-state index >= 15 is 0 Å². The van der Waals surface area contributed by atoms with Crippen LogP contribution < -0.4 is 15.4 Å². The van der Waals surface area contributed by atoms with E-state index in [1.807, 2.05) is 0 Å². The Hall–Kier alpha value is -3.88. The molecule has 2 unspecified atom stereocenters. The minimum absolute atomic E-state index is 0.171. The van der Waals surface area contributed by atoms with Gasteiger partial charge in [-0.15, -0.1) is 0 Å². The van der Waals surface area contributed by atoms with Gasteiger partial charge < -0.3 is 15.4 Å². The predicted molar refractivity (Wildman–Crippen MR) is 105 cm³/mol. The fraction of sp³-hybridized carbons (Fsp3) is 0.136. The van der Waals surface area contributed by atoms with Crippen LogP contribution in [0.25, 0.3) is 0 Å². The second-order valence-corrected chi connectivity index (χ2v) is 6.88. The lowest BCUT2D eigenvalue weighted by Crippen LogP contribution is -2.32. The van der Waals surface area contributed by atoms with Crippen molar-refractivity contribution in [3.63, 3.8) is 0 Å². The van der Waals surface area contributed by atoms with Gasteiger partial charge in [-0.3, -0.25) is 9.59 Å². The number of amides is 2. The van der Waals surface area contributed by atoms with Gasteiger partial charge >= 0.3 is 0 Å². The Balaban J connectivity index is 1.56. The number of aromatic nitrogens is 1. The molecule has 0 aliphatic carbocycles. The summed E-state index contributed by atoms with van der Waals surface area (Å²) >= 11 is 0. The van der Waals surface area contributed by atoms with Crippen LogP contribution in [0.4, 0.5) is 18.9 Å². The van der Waals surface area contributed by atoms with Gasteiger partial charge in [-0.2, -0.15) is 0 Å². The molecule has 2 heterocycles. The Bertz CT molecular complexity index is 1140. The van der Waals surface area contributed by atoms with Crippen LogP contribution >= 0.6 is 0 Å².